The van der Waals surface area contributed by atoms with Crippen LogP contribution >= 0.6 is 31.9 Å². The van der Waals surface area contributed by atoms with Gasteiger partial charge < -0.3 is 9.47 Å². The summed E-state index contributed by atoms with van der Waals surface area (Å²) in [6.07, 6.45) is 2.45. The van der Waals surface area contributed by atoms with E-state index in [1.165, 1.54) is 97.4 Å². The zero-order valence-corrected chi connectivity index (χ0v) is 30.3. The van der Waals surface area contributed by atoms with Gasteiger partial charge in [0.25, 0.3) is 23.2 Å². The summed E-state index contributed by atoms with van der Waals surface area (Å²) in [4.78, 5) is 72.4. The molecule has 0 saturated carbocycles. The van der Waals surface area contributed by atoms with Gasteiger partial charge in [-0.2, -0.15) is 10.2 Å². The number of hydrazone groups is 2. The van der Waals surface area contributed by atoms with E-state index in [0.29, 0.717) is 8.95 Å². The summed E-state index contributed by atoms with van der Waals surface area (Å²) in [6.45, 7) is 0. The van der Waals surface area contributed by atoms with Crippen molar-refractivity contribution >= 4 is 79.4 Å². The summed E-state index contributed by atoms with van der Waals surface area (Å²) in [5.41, 5.74) is 4.75. The van der Waals surface area contributed by atoms with Crippen molar-refractivity contribution in [3.8, 4) is 11.5 Å². The van der Waals surface area contributed by atoms with Crippen molar-refractivity contribution in [2.75, 3.05) is 0 Å². The van der Waals surface area contributed by atoms with Crippen LogP contribution in [0.25, 0.3) is 0 Å². The van der Waals surface area contributed by atoms with Crippen molar-refractivity contribution < 1.29 is 38.5 Å². The average molecular weight is 858 g/mol. The van der Waals surface area contributed by atoms with E-state index in [9.17, 15) is 39.4 Å². The summed E-state index contributed by atoms with van der Waals surface area (Å²) >= 11 is 6.67. The zero-order valence-electron chi connectivity index (χ0n) is 27.2. The minimum atomic E-state index is -0.916. The molecule has 0 spiro atoms. The maximum absolute atomic E-state index is 13.5. The molecule has 5 rings (SSSR count). The Morgan fingerprint density at radius 2 is 0.944 bits per heavy atom. The first-order valence-corrected chi connectivity index (χ1v) is 16.8. The molecule has 0 aliphatic rings. The maximum atomic E-state index is 13.5. The number of nitrogens with one attached hydrogen (secondary N) is 2. The molecule has 0 radical (unpaired) electrons. The Hall–Kier alpha value is -6.92. The number of benzene rings is 5. The van der Waals surface area contributed by atoms with Gasteiger partial charge in [0.1, 0.15) is 11.5 Å². The standard InChI is InChI=1S/C36H22Br2N6O10/c37-25-9-15-31(23(17-25)19-39-41-33(45)21-5-11-27(12-6-21)43(49)50)53-35(47)29-3-1-2-4-30(29)36(48)54-32-16-10-26(38)18-24(32)20-40-42-34(46)22-7-13-28(14-8-22)44(51)52/h1-20H,(H,41,45)(H,42,46). The Bertz CT molecular complexity index is 2190. The largest absolute Gasteiger partial charge is 0.422 e. The van der Waals surface area contributed by atoms with Gasteiger partial charge in [-0.1, -0.05) is 44.0 Å². The van der Waals surface area contributed by atoms with Crippen LogP contribution in [0.4, 0.5) is 11.4 Å². The van der Waals surface area contributed by atoms with Crippen LogP contribution in [0.5, 0.6) is 11.5 Å². The van der Waals surface area contributed by atoms with Gasteiger partial charge in [0.15, 0.2) is 0 Å². The fraction of sp³-hybridized carbons (Fsp3) is 0. The van der Waals surface area contributed by atoms with E-state index in [0.717, 1.165) is 0 Å². The van der Waals surface area contributed by atoms with Crippen molar-refractivity contribution in [2.24, 2.45) is 10.2 Å². The lowest BCUT2D eigenvalue weighted by molar-refractivity contribution is -0.385. The molecule has 0 unspecified atom stereocenters. The zero-order chi connectivity index (χ0) is 38.8. The molecule has 0 heterocycles. The second-order valence-electron chi connectivity index (χ2n) is 10.7. The van der Waals surface area contributed by atoms with E-state index >= 15 is 0 Å². The molecule has 2 amide bonds. The van der Waals surface area contributed by atoms with Gasteiger partial charge in [-0.3, -0.25) is 29.8 Å². The van der Waals surface area contributed by atoms with Crippen LogP contribution in [0, 0.1) is 20.2 Å². The molecular formula is C36H22Br2N6O10. The van der Waals surface area contributed by atoms with Crippen LogP contribution < -0.4 is 20.3 Å². The van der Waals surface area contributed by atoms with Gasteiger partial charge in [-0.05, 0) is 72.8 Å². The number of esters is 2. The smallest absolute Gasteiger partial charge is 0.344 e. The number of hydrogen-bond donors (Lipinski definition) is 2. The van der Waals surface area contributed by atoms with Gasteiger partial charge in [0.05, 0.1) is 33.4 Å². The minimum Gasteiger partial charge on any atom is -0.422 e. The number of hydrogen-bond acceptors (Lipinski definition) is 12. The molecule has 0 bridgehead atoms. The fourth-order valence-electron chi connectivity index (χ4n) is 4.49. The third-order valence-electron chi connectivity index (χ3n) is 7.14. The van der Waals surface area contributed by atoms with Crippen LogP contribution in [0.3, 0.4) is 0 Å². The Labute approximate surface area is 321 Å². The topological polar surface area (TPSA) is 222 Å². The first-order chi connectivity index (χ1) is 25.9. The number of carbonyl (C=O) groups is 4. The van der Waals surface area contributed by atoms with E-state index in [2.05, 4.69) is 52.9 Å². The summed E-state index contributed by atoms with van der Waals surface area (Å²) < 4.78 is 12.5. The highest BCUT2D eigenvalue weighted by atomic mass is 79.9. The predicted molar refractivity (Wildman–Crippen MR) is 201 cm³/mol. The van der Waals surface area contributed by atoms with Gasteiger partial charge in [0, 0.05) is 55.5 Å². The van der Waals surface area contributed by atoms with E-state index < -0.39 is 33.6 Å². The molecule has 18 heteroatoms. The molecule has 270 valence electrons. The van der Waals surface area contributed by atoms with E-state index in [4.69, 9.17) is 9.47 Å². The van der Waals surface area contributed by atoms with Gasteiger partial charge in [-0.15, -0.1) is 0 Å². The van der Waals surface area contributed by atoms with E-state index in [-0.39, 0.29) is 56.3 Å². The molecule has 2 N–H and O–H groups in total. The summed E-state index contributed by atoms with van der Waals surface area (Å²) in [5.74, 6) is -3.06. The first kappa shape index (κ1) is 38.3. The fourth-order valence-corrected chi connectivity index (χ4v) is 5.25. The third kappa shape index (κ3) is 9.90. The molecule has 0 fully saturated rings. The van der Waals surface area contributed by atoms with Crippen molar-refractivity contribution in [2.45, 2.75) is 0 Å². The van der Waals surface area contributed by atoms with E-state index in [1.54, 1.807) is 24.3 Å². The summed E-state index contributed by atoms with van der Waals surface area (Å²) in [7, 11) is 0. The molecule has 5 aromatic carbocycles. The quantitative estimate of drug-likeness (QED) is 0.0430. The highest BCUT2D eigenvalue weighted by Crippen LogP contribution is 2.26. The number of nitro groups is 2. The Morgan fingerprint density at radius 1 is 0.574 bits per heavy atom. The van der Waals surface area contributed by atoms with Crippen LogP contribution in [0.2, 0.25) is 0 Å². The number of rotatable bonds is 12. The number of nitrogens with zero attached hydrogens (tertiary/aromatic N) is 4. The number of halogens is 2. The van der Waals surface area contributed by atoms with Gasteiger partial charge >= 0.3 is 11.9 Å². The lowest BCUT2D eigenvalue weighted by Crippen LogP contribution is -2.19. The van der Waals surface area contributed by atoms with Crippen molar-refractivity contribution in [3.05, 3.63) is 172 Å². The Kier molecular flexibility index (Phi) is 12.4. The predicted octanol–water partition coefficient (Wildman–Crippen LogP) is 6.99. The monoisotopic (exact) mass is 856 g/mol. The second-order valence-corrected chi connectivity index (χ2v) is 12.5. The normalized spacial score (nSPS) is 10.9. The van der Waals surface area contributed by atoms with Crippen LogP contribution in [-0.2, 0) is 0 Å². The molecule has 0 saturated heterocycles. The second kappa shape index (κ2) is 17.5. The lowest BCUT2D eigenvalue weighted by atomic mass is 10.1. The molecule has 0 aliphatic carbocycles. The molecular weight excluding hydrogens is 836 g/mol. The highest BCUT2D eigenvalue weighted by molar-refractivity contribution is 9.10. The van der Waals surface area contributed by atoms with Gasteiger partial charge in [0.2, 0.25) is 0 Å². The summed E-state index contributed by atoms with van der Waals surface area (Å²) in [6, 6.07) is 24.9. The van der Waals surface area contributed by atoms with Crippen molar-refractivity contribution in [3.63, 3.8) is 0 Å². The molecule has 54 heavy (non-hydrogen) atoms. The lowest BCUT2D eigenvalue weighted by Gasteiger charge is -2.12. The first-order valence-electron chi connectivity index (χ1n) is 15.2. The minimum absolute atomic E-state index is 0.0295. The number of non-ortho nitro benzene ring substituents is 2. The van der Waals surface area contributed by atoms with E-state index in [1.807, 2.05) is 0 Å². The Balaban J connectivity index is 1.28. The Morgan fingerprint density at radius 3 is 1.30 bits per heavy atom. The number of ether oxygens (including phenoxy) is 2. The molecule has 0 atom stereocenters. The third-order valence-corrected chi connectivity index (χ3v) is 8.12. The van der Waals surface area contributed by atoms with Crippen molar-refractivity contribution in [1.29, 1.82) is 0 Å². The van der Waals surface area contributed by atoms with Crippen molar-refractivity contribution in [1.82, 2.24) is 10.9 Å². The summed E-state index contributed by atoms with van der Waals surface area (Å²) in [5, 5.41) is 29.6. The van der Waals surface area contributed by atoms with Crippen LogP contribution in [0.1, 0.15) is 52.6 Å². The van der Waals surface area contributed by atoms with Crippen LogP contribution in [-0.4, -0.2) is 46.0 Å². The number of carbonyl (C=O) groups excluding carboxylic acids is 4. The average Bonchev–Trinajstić information content (AvgIpc) is 3.16. The molecule has 0 aromatic heterocycles. The number of nitro benzene ring substituents is 2. The highest BCUT2D eigenvalue weighted by Gasteiger charge is 2.22. The van der Waals surface area contributed by atoms with Crippen LogP contribution in [0.15, 0.2) is 128 Å². The maximum Gasteiger partial charge on any atom is 0.344 e. The molecule has 5 aromatic rings. The molecule has 0 aliphatic heterocycles. The number of amides is 2. The molecule has 16 nitrogen and oxygen atoms in total. The SMILES string of the molecule is O=C(NN=Cc1cc(Br)ccc1OC(=O)c1ccccc1C(=O)Oc1ccc(Br)cc1C=NNC(=O)c1ccc([N+](=O)[O-])cc1)c1ccc([N+](=O)[O-])cc1. The van der Waals surface area contributed by atoms with Gasteiger partial charge in [-0.25, -0.2) is 20.4 Å².